The van der Waals surface area contributed by atoms with E-state index in [4.69, 9.17) is 40.6 Å². The molecule has 1 heterocycles. The summed E-state index contributed by atoms with van der Waals surface area (Å²) >= 11 is 5.13. The zero-order valence-corrected chi connectivity index (χ0v) is 16.5. The highest BCUT2D eigenvalue weighted by molar-refractivity contribution is 7.80. The molecule has 2 N–H and O–H groups in total. The van der Waals surface area contributed by atoms with Crippen LogP contribution in [0.4, 0.5) is 5.69 Å². The fourth-order valence-electron chi connectivity index (χ4n) is 2.19. The summed E-state index contributed by atoms with van der Waals surface area (Å²) in [6.07, 6.45) is 0. The van der Waals surface area contributed by atoms with Gasteiger partial charge in [-0.25, -0.2) is 0 Å². The van der Waals surface area contributed by atoms with Crippen LogP contribution in [-0.4, -0.2) is 78.2 Å². The molecule has 8 nitrogen and oxygen atoms in total. The molecule has 0 unspecified atom stereocenters. The third-order valence-electron chi connectivity index (χ3n) is 3.52. The molecule has 0 saturated carbocycles. The summed E-state index contributed by atoms with van der Waals surface area (Å²) in [7, 11) is 1.76. The second-order valence-electron chi connectivity index (χ2n) is 5.51. The molecular formula is C18H28N2O6S. The van der Waals surface area contributed by atoms with Gasteiger partial charge < -0.3 is 39.1 Å². The van der Waals surface area contributed by atoms with Gasteiger partial charge in [0.15, 0.2) is 16.6 Å². The number of thiocarbonyl (C=S) groups is 1. The summed E-state index contributed by atoms with van der Waals surface area (Å²) in [6, 6.07) is 5.56. The minimum absolute atomic E-state index is 0.399. The minimum atomic E-state index is 0.399. The van der Waals surface area contributed by atoms with E-state index < -0.39 is 0 Å². The van der Waals surface area contributed by atoms with Gasteiger partial charge in [-0.3, -0.25) is 0 Å². The van der Waals surface area contributed by atoms with Crippen LogP contribution in [0.15, 0.2) is 18.2 Å². The number of rotatable bonds is 1. The number of fused-ring (bicyclic) bond motifs is 1. The first-order valence-corrected chi connectivity index (χ1v) is 9.40. The summed E-state index contributed by atoms with van der Waals surface area (Å²) in [6.45, 7) is 4.89. The number of hydrogen-bond donors (Lipinski definition) is 2. The monoisotopic (exact) mass is 400 g/mol. The fourth-order valence-corrected chi connectivity index (χ4v) is 2.31. The molecule has 0 aromatic heterocycles. The van der Waals surface area contributed by atoms with Crippen molar-refractivity contribution in [3.63, 3.8) is 0 Å². The van der Waals surface area contributed by atoms with Gasteiger partial charge in [-0.15, -0.1) is 0 Å². The van der Waals surface area contributed by atoms with Crippen LogP contribution in [0.3, 0.4) is 0 Å². The Balaban J connectivity index is 1.94. The van der Waals surface area contributed by atoms with Crippen LogP contribution in [0, 0.1) is 0 Å². The summed E-state index contributed by atoms with van der Waals surface area (Å²) in [5.41, 5.74) is 0.807. The Labute approximate surface area is 165 Å². The SMILES string of the molecule is CNC(=S)Nc1ccc2c(c1)OCCOCCOCCOCCOCCO2. The van der Waals surface area contributed by atoms with Crippen molar-refractivity contribution in [1.82, 2.24) is 5.32 Å². The van der Waals surface area contributed by atoms with Crippen molar-refractivity contribution in [2.75, 3.05) is 78.4 Å². The molecule has 0 atom stereocenters. The number of nitrogens with one attached hydrogen (secondary N) is 2. The molecular weight excluding hydrogens is 372 g/mol. The lowest BCUT2D eigenvalue weighted by Gasteiger charge is -2.16. The molecule has 27 heavy (non-hydrogen) atoms. The van der Waals surface area contributed by atoms with Crippen molar-refractivity contribution >= 4 is 23.0 Å². The maximum absolute atomic E-state index is 5.83. The van der Waals surface area contributed by atoms with Crippen molar-refractivity contribution in [1.29, 1.82) is 0 Å². The molecule has 1 aliphatic rings. The van der Waals surface area contributed by atoms with Crippen molar-refractivity contribution in [2.24, 2.45) is 0 Å². The third kappa shape index (κ3) is 9.21. The largest absolute Gasteiger partial charge is 0.487 e. The average molecular weight is 400 g/mol. The van der Waals surface area contributed by atoms with E-state index in [1.54, 1.807) is 7.05 Å². The third-order valence-corrected chi connectivity index (χ3v) is 3.82. The normalized spacial score (nSPS) is 18.0. The van der Waals surface area contributed by atoms with Gasteiger partial charge >= 0.3 is 0 Å². The van der Waals surface area contributed by atoms with Crippen LogP contribution < -0.4 is 20.1 Å². The number of benzene rings is 1. The Morgan fingerprint density at radius 3 is 1.74 bits per heavy atom. The second kappa shape index (κ2) is 13.5. The zero-order valence-electron chi connectivity index (χ0n) is 15.7. The van der Waals surface area contributed by atoms with E-state index in [0.717, 1.165) is 5.69 Å². The van der Waals surface area contributed by atoms with Crippen LogP contribution >= 0.6 is 12.2 Å². The first-order valence-electron chi connectivity index (χ1n) is 8.99. The Kier molecular flexibility index (Phi) is 10.8. The van der Waals surface area contributed by atoms with Gasteiger partial charge in [-0.1, -0.05) is 0 Å². The molecule has 0 bridgehead atoms. The maximum Gasteiger partial charge on any atom is 0.170 e. The molecule has 0 radical (unpaired) electrons. The molecule has 1 aromatic carbocycles. The Hall–Kier alpha value is -1.65. The highest BCUT2D eigenvalue weighted by Gasteiger charge is 2.08. The smallest absolute Gasteiger partial charge is 0.170 e. The predicted molar refractivity (Wildman–Crippen MR) is 106 cm³/mol. The lowest BCUT2D eigenvalue weighted by atomic mass is 10.2. The van der Waals surface area contributed by atoms with E-state index in [1.807, 2.05) is 18.2 Å². The van der Waals surface area contributed by atoms with Gasteiger partial charge in [-0.2, -0.15) is 0 Å². The van der Waals surface area contributed by atoms with Crippen LogP contribution in [0.5, 0.6) is 11.5 Å². The van der Waals surface area contributed by atoms with Crippen LogP contribution in [0.25, 0.3) is 0 Å². The quantitative estimate of drug-likeness (QED) is 0.681. The molecule has 9 heteroatoms. The van der Waals surface area contributed by atoms with Crippen molar-refractivity contribution < 1.29 is 28.4 Å². The molecule has 0 saturated heterocycles. The first-order chi connectivity index (χ1) is 13.3. The maximum atomic E-state index is 5.83. The van der Waals surface area contributed by atoms with Crippen molar-refractivity contribution in [2.45, 2.75) is 0 Å². The number of ether oxygens (including phenoxy) is 6. The van der Waals surface area contributed by atoms with Crippen LogP contribution in [0.2, 0.25) is 0 Å². The summed E-state index contributed by atoms with van der Waals surface area (Å²) in [5.74, 6) is 1.25. The van der Waals surface area contributed by atoms with E-state index in [-0.39, 0.29) is 0 Å². The van der Waals surface area contributed by atoms with Gasteiger partial charge in [0.1, 0.15) is 13.2 Å². The Morgan fingerprint density at radius 2 is 1.22 bits per heavy atom. The molecule has 0 amide bonds. The van der Waals surface area contributed by atoms with Gasteiger partial charge in [0.25, 0.3) is 0 Å². The number of hydrogen-bond acceptors (Lipinski definition) is 7. The van der Waals surface area contributed by atoms with E-state index in [1.165, 1.54) is 0 Å². The lowest BCUT2D eigenvalue weighted by Crippen LogP contribution is -2.24. The summed E-state index contributed by atoms with van der Waals surface area (Å²) in [5, 5.41) is 6.47. The highest BCUT2D eigenvalue weighted by atomic mass is 32.1. The molecule has 1 aliphatic heterocycles. The molecule has 2 rings (SSSR count). The first kappa shape index (κ1) is 21.6. The van der Waals surface area contributed by atoms with E-state index >= 15 is 0 Å². The Bertz CT molecular complexity index is 561. The molecule has 0 spiro atoms. The van der Waals surface area contributed by atoms with E-state index in [0.29, 0.717) is 82.7 Å². The summed E-state index contributed by atoms with van der Waals surface area (Å²) < 4.78 is 33.5. The molecule has 0 aliphatic carbocycles. The van der Waals surface area contributed by atoms with Gasteiger partial charge in [-0.05, 0) is 24.4 Å². The van der Waals surface area contributed by atoms with E-state index in [2.05, 4.69) is 10.6 Å². The van der Waals surface area contributed by atoms with Gasteiger partial charge in [0.2, 0.25) is 0 Å². The van der Waals surface area contributed by atoms with Gasteiger partial charge in [0.05, 0.1) is 52.9 Å². The lowest BCUT2D eigenvalue weighted by molar-refractivity contribution is -0.00841. The summed E-state index contributed by atoms with van der Waals surface area (Å²) in [4.78, 5) is 0. The predicted octanol–water partition coefficient (Wildman–Crippen LogP) is 1.44. The number of anilines is 1. The highest BCUT2D eigenvalue weighted by Crippen LogP contribution is 2.30. The van der Waals surface area contributed by atoms with E-state index in [9.17, 15) is 0 Å². The fraction of sp³-hybridized carbons (Fsp3) is 0.611. The molecule has 1 aromatic rings. The average Bonchev–Trinajstić information content (AvgIpc) is 2.68. The van der Waals surface area contributed by atoms with Gasteiger partial charge in [0, 0.05) is 18.8 Å². The van der Waals surface area contributed by atoms with Crippen molar-refractivity contribution in [3.8, 4) is 11.5 Å². The van der Waals surface area contributed by atoms with Crippen LogP contribution in [0.1, 0.15) is 0 Å². The second-order valence-corrected chi connectivity index (χ2v) is 5.92. The molecule has 152 valence electrons. The topological polar surface area (TPSA) is 79.4 Å². The minimum Gasteiger partial charge on any atom is -0.487 e. The standard InChI is InChI=1S/C18H28N2O6S/c1-19-18(27)20-15-2-3-16-17(14-15)26-13-11-24-9-7-22-5-4-21-6-8-23-10-12-25-16/h2-3,14H,4-13H2,1H3,(H2,19,20,27). The Morgan fingerprint density at radius 1 is 0.741 bits per heavy atom. The zero-order chi connectivity index (χ0) is 19.2. The molecule has 0 fully saturated rings. The van der Waals surface area contributed by atoms with Crippen LogP contribution in [-0.2, 0) is 18.9 Å². The van der Waals surface area contributed by atoms with Crippen molar-refractivity contribution in [3.05, 3.63) is 18.2 Å².